The Kier molecular flexibility index (Phi) is 5.61. The molecule has 0 aromatic heterocycles. The zero-order valence-electron chi connectivity index (χ0n) is 16.4. The molecule has 1 amide bonds. The average molecular weight is 426 g/mol. The lowest BCUT2D eigenvalue weighted by Crippen LogP contribution is -2.44. The number of ether oxygens (including phenoxy) is 2. The molecule has 0 saturated carbocycles. The van der Waals surface area contributed by atoms with Crippen LogP contribution in [0.2, 0.25) is 0 Å². The normalized spacial score (nSPS) is 15.9. The second-order valence-corrected chi connectivity index (χ2v) is 9.12. The highest BCUT2D eigenvalue weighted by Gasteiger charge is 2.25. The minimum atomic E-state index is -3.79. The van der Waals surface area contributed by atoms with Crippen LogP contribution in [-0.2, 0) is 14.8 Å². The number of carbonyl (C=O) groups is 1. The van der Waals surface area contributed by atoms with E-state index in [1.807, 2.05) is 42.5 Å². The Hall–Kier alpha value is -3.10. The monoisotopic (exact) mass is 426 g/mol. The van der Waals surface area contributed by atoms with Gasteiger partial charge in [0.15, 0.2) is 11.5 Å². The number of sulfonamides is 1. The van der Waals surface area contributed by atoms with Crippen molar-refractivity contribution in [2.75, 3.05) is 26.7 Å². The highest BCUT2D eigenvalue weighted by molar-refractivity contribution is 7.89. The van der Waals surface area contributed by atoms with E-state index >= 15 is 0 Å². The van der Waals surface area contributed by atoms with Crippen molar-refractivity contribution in [3.63, 3.8) is 0 Å². The molecule has 7 nitrogen and oxygen atoms in total. The van der Waals surface area contributed by atoms with E-state index in [1.165, 1.54) is 7.05 Å². The van der Waals surface area contributed by atoms with Crippen LogP contribution in [0.1, 0.15) is 0 Å². The zero-order chi connectivity index (χ0) is 21.1. The number of carbonyl (C=O) groups excluding carboxylic acids is 1. The lowest BCUT2D eigenvalue weighted by atomic mass is 10.1. The largest absolute Gasteiger partial charge is 0.486 e. The number of likely N-dealkylation sites (N-methyl/N-ethyl adjacent to an activating group) is 1. The van der Waals surface area contributed by atoms with E-state index in [1.54, 1.807) is 24.3 Å². The fraction of sp³-hybridized carbons (Fsp3) is 0.227. The van der Waals surface area contributed by atoms with Crippen molar-refractivity contribution >= 4 is 26.7 Å². The van der Waals surface area contributed by atoms with E-state index in [0.717, 1.165) is 15.1 Å². The van der Waals surface area contributed by atoms with E-state index in [4.69, 9.17) is 9.47 Å². The maximum Gasteiger partial charge on any atom is 0.243 e. The second-order valence-electron chi connectivity index (χ2n) is 7.07. The van der Waals surface area contributed by atoms with E-state index < -0.39 is 15.9 Å². The summed E-state index contributed by atoms with van der Waals surface area (Å²) in [5.41, 5.74) is 0. The summed E-state index contributed by atoms with van der Waals surface area (Å²) in [7, 11) is -2.40. The van der Waals surface area contributed by atoms with Gasteiger partial charge in [-0.3, -0.25) is 4.79 Å². The van der Waals surface area contributed by atoms with E-state index in [0.29, 0.717) is 18.1 Å². The molecule has 3 aromatic rings. The quantitative estimate of drug-likeness (QED) is 0.654. The van der Waals surface area contributed by atoms with Gasteiger partial charge in [-0.1, -0.05) is 42.5 Å². The number of amides is 1. The third-order valence-corrected chi connectivity index (χ3v) is 6.69. The van der Waals surface area contributed by atoms with E-state index in [-0.39, 0.29) is 24.1 Å². The molecule has 1 aliphatic heterocycles. The molecule has 1 N–H and O–H groups in total. The van der Waals surface area contributed by atoms with Gasteiger partial charge >= 0.3 is 0 Å². The van der Waals surface area contributed by atoms with Gasteiger partial charge in [-0.05, 0) is 35.0 Å². The molecular weight excluding hydrogens is 404 g/mol. The van der Waals surface area contributed by atoms with Crippen molar-refractivity contribution in [3.8, 4) is 11.5 Å². The molecule has 30 heavy (non-hydrogen) atoms. The Morgan fingerprint density at radius 3 is 2.53 bits per heavy atom. The second kappa shape index (κ2) is 8.33. The first-order chi connectivity index (χ1) is 14.4. The molecule has 0 bridgehead atoms. The minimum Gasteiger partial charge on any atom is -0.486 e. The number of fused-ring (bicyclic) bond motifs is 2. The molecule has 1 heterocycles. The summed E-state index contributed by atoms with van der Waals surface area (Å²) in [6.07, 6.45) is -0.341. The van der Waals surface area contributed by atoms with Crippen molar-refractivity contribution in [2.24, 2.45) is 0 Å². The smallest absolute Gasteiger partial charge is 0.243 e. The summed E-state index contributed by atoms with van der Waals surface area (Å²) >= 11 is 0. The number of nitrogens with zero attached hydrogens (tertiary/aromatic N) is 1. The van der Waals surface area contributed by atoms with Gasteiger partial charge in [0.1, 0.15) is 12.7 Å². The van der Waals surface area contributed by atoms with Crippen LogP contribution in [0.15, 0.2) is 71.6 Å². The molecule has 4 rings (SSSR count). The van der Waals surface area contributed by atoms with Gasteiger partial charge in [0.25, 0.3) is 0 Å². The summed E-state index contributed by atoms with van der Waals surface area (Å²) in [5, 5.41) is 4.49. The Morgan fingerprint density at radius 2 is 1.73 bits per heavy atom. The van der Waals surface area contributed by atoms with Crippen molar-refractivity contribution in [3.05, 3.63) is 66.7 Å². The van der Waals surface area contributed by atoms with E-state index in [2.05, 4.69) is 5.32 Å². The number of hydrogen-bond acceptors (Lipinski definition) is 5. The summed E-state index contributed by atoms with van der Waals surface area (Å²) in [4.78, 5) is 12.5. The fourth-order valence-electron chi connectivity index (χ4n) is 3.24. The van der Waals surface area contributed by atoms with Gasteiger partial charge in [0.2, 0.25) is 15.9 Å². The molecule has 0 aliphatic carbocycles. The number of nitrogens with one attached hydrogen (secondary N) is 1. The first-order valence-electron chi connectivity index (χ1n) is 9.54. The predicted octanol–water partition coefficient (Wildman–Crippen LogP) is 2.42. The van der Waals surface area contributed by atoms with Crippen molar-refractivity contribution in [1.29, 1.82) is 0 Å². The Balaban J connectivity index is 1.35. The maximum atomic E-state index is 12.9. The van der Waals surface area contributed by atoms with Crippen molar-refractivity contribution < 1.29 is 22.7 Å². The SMILES string of the molecule is CN(CC(=O)NC[C@@H]1COc2ccccc2O1)S(=O)(=O)c1ccc2ccccc2c1. The fourth-order valence-corrected chi connectivity index (χ4v) is 4.41. The Morgan fingerprint density at radius 1 is 1.03 bits per heavy atom. The third kappa shape index (κ3) is 4.24. The summed E-state index contributed by atoms with van der Waals surface area (Å²) in [6, 6.07) is 19.8. The highest BCUT2D eigenvalue weighted by atomic mass is 32.2. The van der Waals surface area contributed by atoms with Crippen molar-refractivity contribution in [2.45, 2.75) is 11.0 Å². The van der Waals surface area contributed by atoms with Crippen LogP contribution in [0.5, 0.6) is 11.5 Å². The van der Waals surface area contributed by atoms with Gasteiger partial charge in [-0.2, -0.15) is 4.31 Å². The summed E-state index contributed by atoms with van der Waals surface area (Å²) < 4.78 is 38.2. The standard InChI is InChI=1S/C22H22N2O5S/c1-24(30(26,27)19-11-10-16-6-2-3-7-17(16)12-19)14-22(25)23-13-18-15-28-20-8-4-5-9-21(20)29-18/h2-12,18H,13-15H2,1H3,(H,23,25)/t18-/m1/s1. The molecule has 0 fully saturated rings. The number of benzene rings is 3. The molecule has 1 aliphatic rings. The van der Waals surface area contributed by atoms with Gasteiger partial charge in [0.05, 0.1) is 18.0 Å². The topological polar surface area (TPSA) is 84.9 Å². The maximum absolute atomic E-state index is 12.9. The zero-order valence-corrected chi connectivity index (χ0v) is 17.3. The van der Waals surface area contributed by atoms with Crippen LogP contribution >= 0.6 is 0 Å². The minimum absolute atomic E-state index is 0.150. The van der Waals surface area contributed by atoms with E-state index in [9.17, 15) is 13.2 Å². The Bertz CT molecular complexity index is 1180. The number of hydrogen-bond donors (Lipinski definition) is 1. The summed E-state index contributed by atoms with van der Waals surface area (Å²) in [5.74, 6) is 0.879. The summed E-state index contributed by atoms with van der Waals surface area (Å²) in [6.45, 7) is 0.235. The average Bonchev–Trinajstić information content (AvgIpc) is 2.77. The molecule has 0 saturated heterocycles. The first-order valence-corrected chi connectivity index (χ1v) is 11.0. The van der Waals surface area contributed by atoms with Crippen LogP contribution in [0, 0.1) is 0 Å². The van der Waals surface area contributed by atoms with Gasteiger partial charge in [0, 0.05) is 7.05 Å². The molecular formula is C22H22N2O5S. The van der Waals surface area contributed by atoms with Gasteiger partial charge in [-0.15, -0.1) is 0 Å². The number of para-hydroxylation sites is 2. The molecule has 1 atom stereocenters. The lowest BCUT2D eigenvalue weighted by molar-refractivity contribution is -0.121. The highest BCUT2D eigenvalue weighted by Crippen LogP contribution is 2.30. The van der Waals surface area contributed by atoms with Gasteiger partial charge in [-0.25, -0.2) is 8.42 Å². The molecule has 0 radical (unpaired) electrons. The predicted molar refractivity (Wildman–Crippen MR) is 113 cm³/mol. The van der Waals surface area contributed by atoms with Crippen molar-refractivity contribution in [1.82, 2.24) is 9.62 Å². The van der Waals surface area contributed by atoms with Crippen LogP contribution in [0.25, 0.3) is 10.8 Å². The molecule has 0 spiro atoms. The lowest BCUT2D eigenvalue weighted by Gasteiger charge is -2.26. The molecule has 3 aromatic carbocycles. The third-order valence-electron chi connectivity index (χ3n) is 4.89. The number of rotatable bonds is 6. The van der Waals surface area contributed by atoms with Gasteiger partial charge < -0.3 is 14.8 Å². The molecule has 156 valence electrons. The molecule has 8 heteroatoms. The van der Waals surface area contributed by atoms with Crippen LogP contribution in [-0.4, -0.2) is 51.5 Å². The van der Waals surface area contributed by atoms with Crippen LogP contribution in [0.4, 0.5) is 0 Å². The first kappa shape index (κ1) is 20.2. The Labute approximate surface area is 175 Å². The molecule has 0 unspecified atom stereocenters. The van der Waals surface area contributed by atoms with Crippen LogP contribution in [0.3, 0.4) is 0 Å². The van der Waals surface area contributed by atoms with Crippen LogP contribution < -0.4 is 14.8 Å².